The quantitative estimate of drug-likeness (QED) is 0.367. The number of rotatable bonds is 10. The second-order valence-corrected chi connectivity index (χ2v) is 4.82. The largest absolute Gasteiger partial charge is 0.392 e. The zero-order valence-electron chi connectivity index (χ0n) is 11.8. The molecule has 0 rings (SSSR count). The van der Waals surface area contributed by atoms with Crippen LogP contribution in [-0.4, -0.2) is 35.6 Å². The van der Waals surface area contributed by atoms with Gasteiger partial charge in [-0.1, -0.05) is 0 Å². The highest BCUT2D eigenvalue weighted by Crippen LogP contribution is 2.02. The molecule has 20 heavy (non-hydrogen) atoms. The molecule has 4 atom stereocenters. The van der Waals surface area contributed by atoms with Crippen molar-refractivity contribution >= 4 is 18.9 Å². The second kappa shape index (κ2) is 18.8. The van der Waals surface area contributed by atoms with E-state index in [2.05, 4.69) is 30.8 Å². The van der Waals surface area contributed by atoms with Crippen molar-refractivity contribution in [2.75, 3.05) is 13.2 Å². The third-order valence-corrected chi connectivity index (χ3v) is 2.78. The van der Waals surface area contributed by atoms with Crippen molar-refractivity contribution in [1.82, 2.24) is 0 Å². The average molecular weight is 320 g/mol. The monoisotopic (exact) mass is 320 g/mol. The summed E-state index contributed by atoms with van der Waals surface area (Å²) in [6, 6.07) is 0. The van der Waals surface area contributed by atoms with Gasteiger partial charge in [0.05, 0.1) is 25.4 Å². The SMILES string of the molecule is C#CC[C@@H](O)CCCOP.C#CC[C@H](O)CCCOP. The van der Waals surface area contributed by atoms with Crippen molar-refractivity contribution in [2.24, 2.45) is 0 Å². The van der Waals surface area contributed by atoms with Gasteiger partial charge in [-0.2, -0.15) is 0 Å². The van der Waals surface area contributed by atoms with Gasteiger partial charge in [-0.15, -0.1) is 24.7 Å². The fourth-order valence-electron chi connectivity index (χ4n) is 1.28. The molecule has 0 aromatic rings. The van der Waals surface area contributed by atoms with Gasteiger partial charge in [0.15, 0.2) is 0 Å². The number of hydrogen-bond acceptors (Lipinski definition) is 4. The molecule has 0 heterocycles. The Bertz CT molecular complexity index is 245. The molecule has 0 aliphatic carbocycles. The van der Waals surface area contributed by atoms with Crippen LogP contribution in [0.5, 0.6) is 0 Å². The fourth-order valence-corrected chi connectivity index (χ4v) is 1.61. The smallest absolute Gasteiger partial charge is 0.0650 e. The zero-order valence-corrected chi connectivity index (χ0v) is 14.1. The Labute approximate surface area is 127 Å². The van der Waals surface area contributed by atoms with Gasteiger partial charge in [0.2, 0.25) is 0 Å². The molecule has 0 aliphatic rings. The third kappa shape index (κ3) is 20.1. The highest BCUT2D eigenvalue weighted by atomic mass is 31.0. The minimum absolute atomic E-state index is 0.356. The Morgan fingerprint density at radius 2 is 1.20 bits per heavy atom. The van der Waals surface area contributed by atoms with Crippen molar-refractivity contribution in [3.05, 3.63) is 0 Å². The summed E-state index contributed by atoms with van der Waals surface area (Å²) < 4.78 is 9.45. The third-order valence-electron chi connectivity index (χ3n) is 2.31. The van der Waals surface area contributed by atoms with Crippen molar-refractivity contribution < 1.29 is 19.3 Å². The molecule has 2 N–H and O–H groups in total. The lowest BCUT2D eigenvalue weighted by molar-refractivity contribution is 0.159. The van der Waals surface area contributed by atoms with E-state index in [1.165, 1.54) is 0 Å². The summed E-state index contributed by atoms with van der Waals surface area (Å²) in [6.45, 7) is 1.32. The Morgan fingerprint density at radius 3 is 1.45 bits per heavy atom. The molecule has 0 aliphatic heterocycles. The Morgan fingerprint density at radius 1 is 0.850 bits per heavy atom. The minimum atomic E-state index is -0.356. The maximum absolute atomic E-state index is 9.07. The van der Waals surface area contributed by atoms with Crippen LogP contribution in [0.2, 0.25) is 0 Å². The maximum Gasteiger partial charge on any atom is 0.0650 e. The molecular formula is C14H26O4P2. The van der Waals surface area contributed by atoms with Crippen molar-refractivity contribution in [1.29, 1.82) is 0 Å². The van der Waals surface area contributed by atoms with Gasteiger partial charge >= 0.3 is 0 Å². The molecule has 0 radical (unpaired) electrons. The van der Waals surface area contributed by atoms with Gasteiger partial charge in [-0.3, -0.25) is 0 Å². The van der Waals surface area contributed by atoms with Crippen LogP contribution < -0.4 is 0 Å². The number of aliphatic hydroxyl groups excluding tert-OH is 2. The Balaban J connectivity index is 0. The molecule has 116 valence electrons. The predicted octanol–water partition coefficient (Wildman–Crippen LogP) is 1.92. The first-order chi connectivity index (χ1) is 9.62. The molecule has 0 fully saturated rings. The van der Waals surface area contributed by atoms with Gasteiger partial charge in [0, 0.05) is 31.8 Å². The van der Waals surface area contributed by atoms with Crippen molar-refractivity contribution in [2.45, 2.75) is 50.7 Å². The fraction of sp³-hybridized carbons (Fsp3) is 0.714. The van der Waals surface area contributed by atoms with Crippen LogP contribution >= 0.6 is 18.9 Å². The maximum atomic E-state index is 9.07. The van der Waals surface area contributed by atoms with Gasteiger partial charge in [0.1, 0.15) is 0 Å². The summed E-state index contributed by atoms with van der Waals surface area (Å²) in [6.07, 6.45) is 13.3. The molecule has 0 amide bonds. The number of terminal acetylenes is 2. The van der Waals surface area contributed by atoms with E-state index < -0.39 is 0 Å². The van der Waals surface area contributed by atoms with Crippen LogP contribution in [0, 0.1) is 24.7 Å². The van der Waals surface area contributed by atoms with Crippen LogP contribution in [0.1, 0.15) is 38.5 Å². The van der Waals surface area contributed by atoms with E-state index in [9.17, 15) is 0 Å². The first-order valence-electron chi connectivity index (χ1n) is 6.48. The van der Waals surface area contributed by atoms with Crippen molar-refractivity contribution in [3.8, 4) is 24.7 Å². The van der Waals surface area contributed by atoms with Gasteiger partial charge in [-0.05, 0) is 25.7 Å². The molecule has 0 saturated heterocycles. The van der Waals surface area contributed by atoms with Crippen LogP contribution in [0.25, 0.3) is 0 Å². The lowest BCUT2D eigenvalue weighted by Crippen LogP contribution is -2.05. The molecule has 2 unspecified atom stereocenters. The van der Waals surface area contributed by atoms with E-state index in [1.54, 1.807) is 0 Å². The van der Waals surface area contributed by atoms with Gasteiger partial charge in [-0.25, -0.2) is 0 Å². The van der Waals surface area contributed by atoms with Crippen LogP contribution in [-0.2, 0) is 9.05 Å². The lowest BCUT2D eigenvalue weighted by Gasteiger charge is -2.04. The molecule has 6 heteroatoms. The highest BCUT2D eigenvalue weighted by molar-refractivity contribution is 7.10. The molecule has 4 nitrogen and oxygen atoms in total. The highest BCUT2D eigenvalue weighted by Gasteiger charge is 2.00. The first kappa shape index (κ1) is 22.1. The summed E-state index contributed by atoms with van der Waals surface area (Å²) in [4.78, 5) is 0. The Hall–Kier alpha value is -0.180. The summed E-state index contributed by atoms with van der Waals surface area (Å²) in [5.74, 6) is 4.80. The normalized spacial score (nSPS) is 12.5. The standard InChI is InChI=1S/2C7H13O2P/c2*1-2-4-7(8)5-3-6-9-10/h2*1,7-8H,3-6,10H2/t2*7-/m10/s1. The van der Waals surface area contributed by atoms with Crippen LogP contribution in [0.15, 0.2) is 0 Å². The predicted molar refractivity (Wildman–Crippen MR) is 88.7 cm³/mol. The first-order valence-corrected chi connectivity index (χ1v) is 7.43. The van der Waals surface area contributed by atoms with E-state index in [1.807, 2.05) is 0 Å². The van der Waals surface area contributed by atoms with Crippen LogP contribution in [0.4, 0.5) is 0 Å². The number of aliphatic hydroxyl groups is 2. The molecule has 0 bridgehead atoms. The molecule has 0 aromatic carbocycles. The summed E-state index contributed by atoms with van der Waals surface area (Å²) in [5.41, 5.74) is 0. The molecular weight excluding hydrogens is 294 g/mol. The topological polar surface area (TPSA) is 58.9 Å². The summed E-state index contributed by atoms with van der Waals surface area (Å²) >= 11 is 0. The molecule has 0 saturated carbocycles. The van der Waals surface area contributed by atoms with Gasteiger partial charge < -0.3 is 19.3 Å². The van der Waals surface area contributed by atoms with Crippen LogP contribution in [0.3, 0.4) is 0 Å². The second-order valence-electron chi connectivity index (χ2n) is 4.15. The summed E-state index contributed by atoms with van der Waals surface area (Å²) in [5, 5.41) is 18.1. The summed E-state index contributed by atoms with van der Waals surface area (Å²) in [7, 11) is 4.33. The molecule has 0 spiro atoms. The minimum Gasteiger partial charge on any atom is -0.392 e. The van der Waals surface area contributed by atoms with Crippen molar-refractivity contribution in [3.63, 3.8) is 0 Å². The van der Waals surface area contributed by atoms with E-state index in [0.717, 1.165) is 25.7 Å². The zero-order chi connectivity index (χ0) is 15.6. The van der Waals surface area contributed by atoms with E-state index >= 15 is 0 Å². The average Bonchev–Trinajstić information content (AvgIpc) is 2.41. The van der Waals surface area contributed by atoms with E-state index in [4.69, 9.17) is 32.1 Å². The lowest BCUT2D eigenvalue weighted by atomic mass is 10.1. The Kier molecular flexibility index (Phi) is 20.8. The van der Waals surface area contributed by atoms with E-state index in [-0.39, 0.29) is 12.2 Å². The molecule has 0 aromatic heterocycles. The number of hydrogen-bond donors (Lipinski definition) is 2. The van der Waals surface area contributed by atoms with E-state index in [0.29, 0.717) is 26.1 Å². The van der Waals surface area contributed by atoms with Gasteiger partial charge in [0.25, 0.3) is 0 Å².